The van der Waals surface area contributed by atoms with Crippen LogP contribution in [0.2, 0.25) is 0 Å². The summed E-state index contributed by atoms with van der Waals surface area (Å²) in [6.45, 7) is 2.38. The lowest BCUT2D eigenvalue weighted by molar-refractivity contribution is 0.651. The number of imidazole rings is 1. The molecule has 5 rings (SSSR count). The van der Waals surface area contributed by atoms with Gasteiger partial charge in [-0.3, -0.25) is 9.36 Å². The third kappa shape index (κ3) is 2.56. The molecule has 138 valence electrons. The molecule has 0 bridgehead atoms. The third-order valence-corrected chi connectivity index (χ3v) is 4.72. The van der Waals surface area contributed by atoms with Crippen LogP contribution >= 0.6 is 0 Å². The van der Waals surface area contributed by atoms with E-state index in [1.165, 1.54) is 10.9 Å². The Balaban J connectivity index is 1.63. The van der Waals surface area contributed by atoms with Crippen molar-refractivity contribution >= 4 is 16.8 Å². The van der Waals surface area contributed by atoms with E-state index in [1.807, 2.05) is 37.3 Å². The summed E-state index contributed by atoms with van der Waals surface area (Å²) < 4.78 is 3.12. The number of nitrogens with one attached hydrogen (secondary N) is 1. The molecule has 1 N–H and O–H groups in total. The average Bonchev–Trinajstić information content (AvgIpc) is 3.35. The van der Waals surface area contributed by atoms with Crippen molar-refractivity contribution in [2.45, 2.75) is 19.9 Å². The molecule has 0 unspecified atom stereocenters. The highest BCUT2D eigenvalue weighted by Gasteiger charge is 2.18. The predicted octanol–water partition coefficient (Wildman–Crippen LogP) is 1.78. The lowest BCUT2D eigenvalue weighted by Gasteiger charge is -2.06. The molecule has 0 amide bonds. The molecule has 0 radical (unpaired) electrons. The topological polar surface area (TPSA) is 107 Å². The maximum absolute atomic E-state index is 12.8. The number of H-pyrrole nitrogens is 1. The van der Waals surface area contributed by atoms with Crippen molar-refractivity contribution in [3.63, 3.8) is 0 Å². The fraction of sp³-hybridized carbons (Fsp3) is 0.158. The molecular formula is C19H16N8O. The Morgan fingerprint density at radius 3 is 2.75 bits per heavy atom. The Morgan fingerprint density at radius 1 is 1.11 bits per heavy atom. The minimum atomic E-state index is -0.242. The molecular weight excluding hydrogens is 356 g/mol. The van der Waals surface area contributed by atoms with Crippen LogP contribution in [-0.2, 0) is 13.0 Å². The smallest absolute Gasteiger partial charge is 0.283 e. The molecule has 4 aromatic heterocycles. The van der Waals surface area contributed by atoms with Crippen molar-refractivity contribution in [3.05, 3.63) is 70.9 Å². The molecule has 0 aliphatic carbocycles. The number of hydrogen-bond acceptors (Lipinski definition) is 6. The minimum Gasteiger partial charge on any atom is -0.348 e. The summed E-state index contributed by atoms with van der Waals surface area (Å²) >= 11 is 0. The second-order valence-electron chi connectivity index (χ2n) is 6.50. The summed E-state index contributed by atoms with van der Waals surface area (Å²) in [6.07, 6.45) is 5.52. The average molecular weight is 372 g/mol. The van der Waals surface area contributed by atoms with Crippen LogP contribution < -0.4 is 5.56 Å². The molecule has 9 nitrogen and oxygen atoms in total. The highest BCUT2D eigenvalue weighted by atomic mass is 16.1. The number of nitrogens with zero attached hydrogens (tertiary/aromatic N) is 7. The lowest BCUT2D eigenvalue weighted by atomic mass is 10.1. The summed E-state index contributed by atoms with van der Waals surface area (Å²) in [5, 5.41) is 13.1. The van der Waals surface area contributed by atoms with Gasteiger partial charge in [-0.05, 0) is 12.5 Å². The molecule has 0 saturated carbocycles. The van der Waals surface area contributed by atoms with Gasteiger partial charge >= 0.3 is 0 Å². The van der Waals surface area contributed by atoms with E-state index in [0.717, 1.165) is 22.5 Å². The molecule has 0 saturated heterocycles. The first-order valence-electron chi connectivity index (χ1n) is 8.86. The number of rotatable bonds is 4. The van der Waals surface area contributed by atoms with Crippen molar-refractivity contribution in [2.24, 2.45) is 0 Å². The van der Waals surface area contributed by atoms with Gasteiger partial charge in [-0.2, -0.15) is 9.61 Å². The van der Waals surface area contributed by atoms with Crippen molar-refractivity contribution in [1.29, 1.82) is 0 Å². The van der Waals surface area contributed by atoms with Gasteiger partial charge in [-0.15, -0.1) is 10.2 Å². The number of fused-ring (bicyclic) bond motifs is 3. The van der Waals surface area contributed by atoms with Crippen molar-refractivity contribution in [1.82, 2.24) is 39.3 Å². The highest BCUT2D eigenvalue weighted by molar-refractivity contribution is 5.83. The summed E-state index contributed by atoms with van der Waals surface area (Å²) in [5.74, 6) is 0. The second kappa shape index (κ2) is 6.38. The van der Waals surface area contributed by atoms with E-state index in [4.69, 9.17) is 0 Å². The van der Waals surface area contributed by atoms with Crippen LogP contribution in [0.15, 0.2) is 54.0 Å². The standard InChI is InChI=1S/C19H16N8O/c1-12-15(13-5-3-2-4-6-13)17-24-23-16-18(27(17)25-12)22-11-26(19(16)28)8-7-14-9-20-10-21-14/h2-6,9-11H,7-8H2,1H3,(H,20,21). The Morgan fingerprint density at radius 2 is 1.96 bits per heavy atom. The first-order valence-corrected chi connectivity index (χ1v) is 8.86. The molecule has 0 aliphatic rings. The zero-order valence-corrected chi connectivity index (χ0v) is 15.1. The largest absolute Gasteiger partial charge is 0.348 e. The van der Waals surface area contributed by atoms with E-state index in [0.29, 0.717) is 24.3 Å². The minimum absolute atomic E-state index is 0.196. The van der Waals surface area contributed by atoms with Crippen molar-refractivity contribution < 1.29 is 0 Å². The Labute approximate surface area is 158 Å². The van der Waals surface area contributed by atoms with E-state index in [1.54, 1.807) is 17.0 Å². The van der Waals surface area contributed by atoms with Crippen LogP contribution in [0.25, 0.3) is 27.9 Å². The van der Waals surface area contributed by atoms with E-state index < -0.39 is 0 Å². The van der Waals surface area contributed by atoms with E-state index in [-0.39, 0.29) is 11.1 Å². The summed E-state index contributed by atoms with van der Waals surface area (Å²) in [5.41, 5.74) is 4.57. The van der Waals surface area contributed by atoms with Crippen molar-refractivity contribution in [3.8, 4) is 11.1 Å². The van der Waals surface area contributed by atoms with Crippen LogP contribution in [0.3, 0.4) is 0 Å². The van der Waals surface area contributed by atoms with E-state index >= 15 is 0 Å². The molecule has 0 aliphatic heterocycles. The predicted molar refractivity (Wildman–Crippen MR) is 103 cm³/mol. The number of aromatic amines is 1. The van der Waals surface area contributed by atoms with Gasteiger partial charge in [-0.25, -0.2) is 9.97 Å². The Kier molecular flexibility index (Phi) is 3.71. The van der Waals surface area contributed by atoms with Gasteiger partial charge in [0.2, 0.25) is 0 Å². The zero-order valence-electron chi connectivity index (χ0n) is 15.1. The molecule has 5 aromatic rings. The van der Waals surface area contributed by atoms with Crippen LogP contribution in [0.4, 0.5) is 0 Å². The van der Waals surface area contributed by atoms with Gasteiger partial charge in [-0.1, -0.05) is 30.3 Å². The SMILES string of the molecule is Cc1nn2c(nnc3c(=O)n(CCc4cnc[nH]4)cnc32)c1-c1ccccc1. The van der Waals surface area contributed by atoms with Gasteiger partial charge in [0.05, 0.1) is 17.6 Å². The lowest BCUT2D eigenvalue weighted by Crippen LogP contribution is -2.24. The quantitative estimate of drug-likeness (QED) is 0.515. The van der Waals surface area contributed by atoms with Gasteiger partial charge < -0.3 is 4.98 Å². The van der Waals surface area contributed by atoms with Gasteiger partial charge in [0.1, 0.15) is 6.33 Å². The number of aryl methyl sites for hydroxylation is 3. The summed E-state index contributed by atoms with van der Waals surface area (Å²) in [4.78, 5) is 24.3. The number of benzene rings is 1. The van der Waals surface area contributed by atoms with Crippen LogP contribution in [0.1, 0.15) is 11.4 Å². The van der Waals surface area contributed by atoms with Gasteiger partial charge in [0.25, 0.3) is 5.56 Å². The van der Waals surface area contributed by atoms with Gasteiger partial charge in [0.15, 0.2) is 16.8 Å². The molecule has 1 aromatic carbocycles. The summed E-state index contributed by atoms with van der Waals surface area (Å²) in [6, 6.07) is 9.87. The fourth-order valence-corrected chi connectivity index (χ4v) is 3.33. The fourth-order valence-electron chi connectivity index (χ4n) is 3.33. The maximum atomic E-state index is 12.8. The van der Waals surface area contributed by atoms with Gasteiger partial charge in [0, 0.05) is 24.9 Å². The Hall–Kier alpha value is -3.88. The molecule has 4 heterocycles. The zero-order chi connectivity index (χ0) is 19.1. The Bertz CT molecular complexity index is 1340. The molecule has 0 spiro atoms. The second-order valence-corrected chi connectivity index (χ2v) is 6.50. The van der Waals surface area contributed by atoms with E-state index in [2.05, 4.69) is 30.2 Å². The first-order chi connectivity index (χ1) is 13.7. The van der Waals surface area contributed by atoms with Crippen LogP contribution in [0, 0.1) is 6.92 Å². The number of hydrogen-bond donors (Lipinski definition) is 1. The number of aromatic nitrogens is 8. The molecule has 28 heavy (non-hydrogen) atoms. The first kappa shape index (κ1) is 16.3. The van der Waals surface area contributed by atoms with Crippen LogP contribution in [0.5, 0.6) is 0 Å². The molecule has 0 fully saturated rings. The van der Waals surface area contributed by atoms with Crippen LogP contribution in [-0.4, -0.2) is 39.3 Å². The highest BCUT2D eigenvalue weighted by Crippen LogP contribution is 2.27. The third-order valence-electron chi connectivity index (χ3n) is 4.72. The summed E-state index contributed by atoms with van der Waals surface area (Å²) in [7, 11) is 0. The van der Waals surface area contributed by atoms with Crippen molar-refractivity contribution in [2.75, 3.05) is 0 Å². The molecule has 0 atom stereocenters. The van der Waals surface area contributed by atoms with E-state index in [9.17, 15) is 4.79 Å². The maximum Gasteiger partial charge on any atom is 0.283 e. The normalized spacial score (nSPS) is 11.5. The molecule has 9 heteroatoms. The monoisotopic (exact) mass is 372 g/mol.